The lowest BCUT2D eigenvalue weighted by Crippen LogP contribution is -2.60. The molecular weight excluding hydrogens is 640 g/mol. The highest BCUT2D eigenvalue weighted by Gasteiger charge is 2.46. The summed E-state index contributed by atoms with van der Waals surface area (Å²) in [5.41, 5.74) is 1.72. The second kappa shape index (κ2) is 16.7. The Bertz CT molecular complexity index is 1400. The number of likely N-dealkylation sites (N-methyl/N-ethyl adjacent to an activating group) is 1. The molecule has 5 N–H and O–H groups in total. The van der Waals surface area contributed by atoms with Gasteiger partial charge in [-0.2, -0.15) is 0 Å². The van der Waals surface area contributed by atoms with Crippen molar-refractivity contribution in [3.05, 3.63) is 35.4 Å². The van der Waals surface area contributed by atoms with Gasteiger partial charge in [-0.3, -0.25) is 19.2 Å². The fourth-order valence-electron chi connectivity index (χ4n) is 6.90. The van der Waals surface area contributed by atoms with E-state index in [2.05, 4.69) is 26.6 Å². The maximum Gasteiger partial charge on any atom is 0.407 e. The average molecular weight is 697 g/mol. The molecule has 2 aliphatic carbocycles. The van der Waals surface area contributed by atoms with E-state index in [4.69, 9.17) is 4.74 Å². The summed E-state index contributed by atoms with van der Waals surface area (Å²) < 4.78 is 5.36. The van der Waals surface area contributed by atoms with Gasteiger partial charge in [0.15, 0.2) is 0 Å². The SMILES string of the molecule is CCNC(=O)OC[C@@H](NC(=O)NC(C(=O)N1C[C@H](C(C)C)CC1C(=O)NC(CC1CC1)C(=O)C(=O)NC)C1Cc2ccccc2C1)C(C)(C)C. The summed E-state index contributed by atoms with van der Waals surface area (Å²) in [6, 6.07) is 3.97. The molecule has 5 atom stereocenters. The highest BCUT2D eigenvalue weighted by molar-refractivity contribution is 6.38. The van der Waals surface area contributed by atoms with E-state index in [1.165, 1.54) is 7.05 Å². The van der Waals surface area contributed by atoms with Crippen molar-refractivity contribution < 1.29 is 33.5 Å². The van der Waals surface area contributed by atoms with E-state index >= 15 is 0 Å². The Morgan fingerprint density at radius 3 is 2.12 bits per heavy atom. The second-order valence-corrected chi connectivity index (χ2v) is 15.5. The van der Waals surface area contributed by atoms with Crippen molar-refractivity contribution in [1.29, 1.82) is 0 Å². The molecule has 4 rings (SSSR count). The molecule has 0 aromatic heterocycles. The highest BCUT2D eigenvalue weighted by atomic mass is 16.5. The second-order valence-electron chi connectivity index (χ2n) is 15.5. The maximum absolute atomic E-state index is 14.7. The number of fused-ring (bicyclic) bond motifs is 1. The van der Waals surface area contributed by atoms with Crippen LogP contribution in [0.25, 0.3) is 0 Å². The summed E-state index contributed by atoms with van der Waals surface area (Å²) in [4.78, 5) is 81.3. The number of urea groups is 1. The van der Waals surface area contributed by atoms with Crippen molar-refractivity contribution in [3.63, 3.8) is 0 Å². The van der Waals surface area contributed by atoms with Crippen LogP contribution < -0.4 is 26.6 Å². The number of ether oxygens (including phenoxy) is 1. The molecule has 0 bridgehead atoms. The minimum Gasteiger partial charge on any atom is -0.447 e. The van der Waals surface area contributed by atoms with Crippen LogP contribution in [0.3, 0.4) is 0 Å². The molecule has 6 amide bonds. The number of likely N-dealkylation sites (tertiary alicyclic amines) is 1. The van der Waals surface area contributed by atoms with E-state index in [9.17, 15) is 28.8 Å². The number of benzene rings is 1. The summed E-state index contributed by atoms with van der Waals surface area (Å²) in [5, 5.41) is 13.7. The Labute approximate surface area is 295 Å². The predicted molar refractivity (Wildman–Crippen MR) is 188 cm³/mol. The summed E-state index contributed by atoms with van der Waals surface area (Å²) >= 11 is 0. The van der Waals surface area contributed by atoms with Crippen molar-refractivity contribution in [2.75, 3.05) is 26.7 Å². The Balaban J connectivity index is 1.59. The van der Waals surface area contributed by atoms with Crippen LogP contribution >= 0.6 is 0 Å². The summed E-state index contributed by atoms with van der Waals surface area (Å²) in [6.45, 7) is 12.3. The van der Waals surface area contributed by atoms with Gasteiger partial charge in [0.2, 0.25) is 17.6 Å². The lowest BCUT2D eigenvalue weighted by atomic mass is 9.87. The Hall–Kier alpha value is -4.16. The van der Waals surface area contributed by atoms with E-state index in [1.807, 2.05) is 58.9 Å². The standard InChI is InChI=1S/C37H56N6O7/c1-8-39-36(49)50-20-29(37(4,5)6)41-35(48)42-30(25-16-23-11-9-10-12-24(23)17-25)34(47)43-19-26(21(2)3)18-28(43)32(45)40-27(15-22-13-14-22)31(44)33(46)38-7/h9-12,21-22,25-30H,8,13-20H2,1-7H3,(H,38,46)(H,39,49)(H,40,45)(H2,41,42,48)/t26-,27?,28?,29-,30?/m1/s1. The number of nitrogens with one attached hydrogen (secondary N) is 5. The van der Waals surface area contributed by atoms with Gasteiger partial charge < -0.3 is 36.2 Å². The van der Waals surface area contributed by atoms with E-state index in [1.54, 1.807) is 11.8 Å². The number of rotatable bonds is 14. The molecular formula is C37H56N6O7. The molecule has 1 aliphatic heterocycles. The Kier molecular flexibility index (Phi) is 12.9. The smallest absolute Gasteiger partial charge is 0.407 e. The van der Waals surface area contributed by atoms with Crippen molar-refractivity contribution >= 4 is 35.6 Å². The van der Waals surface area contributed by atoms with Gasteiger partial charge in [0.1, 0.15) is 18.7 Å². The van der Waals surface area contributed by atoms with Gasteiger partial charge in [-0.25, -0.2) is 9.59 Å². The molecule has 276 valence electrons. The van der Waals surface area contributed by atoms with Crippen molar-refractivity contribution in [1.82, 2.24) is 31.5 Å². The highest BCUT2D eigenvalue weighted by Crippen LogP contribution is 2.36. The Morgan fingerprint density at radius 2 is 1.58 bits per heavy atom. The van der Waals surface area contributed by atoms with E-state index in [-0.39, 0.29) is 36.2 Å². The number of alkyl carbamates (subject to hydrolysis) is 1. The van der Waals surface area contributed by atoms with Gasteiger partial charge in [0.05, 0.1) is 12.1 Å². The lowest BCUT2D eigenvalue weighted by molar-refractivity contribution is -0.143. The van der Waals surface area contributed by atoms with Crippen LogP contribution in [-0.2, 0) is 36.8 Å². The predicted octanol–water partition coefficient (Wildman–Crippen LogP) is 2.70. The van der Waals surface area contributed by atoms with Gasteiger partial charge in [0.25, 0.3) is 5.91 Å². The molecule has 2 fully saturated rings. The number of nitrogens with zero attached hydrogens (tertiary/aromatic N) is 1. The molecule has 1 aromatic carbocycles. The van der Waals surface area contributed by atoms with Crippen molar-refractivity contribution in [3.8, 4) is 0 Å². The van der Waals surface area contributed by atoms with Crippen LogP contribution in [-0.4, -0.2) is 91.4 Å². The summed E-state index contributed by atoms with van der Waals surface area (Å²) in [7, 11) is 1.38. The van der Waals surface area contributed by atoms with Crippen LogP contribution in [0.15, 0.2) is 24.3 Å². The third-order valence-electron chi connectivity index (χ3n) is 10.4. The molecule has 0 radical (unpaired) electrons. The average Bonchev–Trinajstić information content (AvgIpc) is 3.59. The first-order chi connectivity index (χ1) is 23.6. The molecule has 50 heavy (non-hydrogen) atoms. The minimum absolute atomic E-state index is 0.0122. The summed E-state index contributed by atoms with van der Waals surface area (Å²) in [5.74, 6) is -2.15. The fourth-order valence-corrected chi connectivity index (χ4v) is 6.90. The number of amides is 6. The largest absolute Gasteiger partial charge is 0.447 e. The van der Waals surface area contributed by atoms with Gasteiger partial charge >= 0.3 is 12.1 Å². The van der Waals surface area contributed by atoms with Gasteiger partial charge in [-0.05, 0) is 72.8 Å². The first-order valence-electron chi connectivity index (χ1n) is 18.0. The molecule has 3 unspecified atom stereocenters. The van der Waals surface area contributed by atoms with E-state index < -0.39 is 59.3 Å². The fraction of sp³-hybridized carbons (Fsp3) is 0.676. The molecule has 1 saturated heterocycles. The number of ketones is 1. The first kappa shape index (κ1) is 38.6. The zero-order valence-electron chi connectivity index (χ0n) is 30.6. The third kappa shape index (κ3) is 9.97. The third-order valence-corrected chi connectivity index (χ3v) is 10.4. The molecule has 1 heterocycles. The maximum atomic E-state index is 14.7. The van der Waals surface area contributed by atoms with Crippen LogP contribution in [0.5, 0.6) is 0 Å². The minimum atomic E-state index is -0.981. The quantitative estimate of drug-likeness (QED) is 0.186. The summed E-state index contributed by atoms with van der Waals surface area (Å²) in [6.07, 6.45) is 3.18. The Morgan fingerprint density at radius 1 is 0.940 bits per heavy atom. The number of Topliss-reactive ketones (excluding diaryl/α,β-unsaturated/α-hetero) is 1. The molecule has 1 saturated carbocycles. The van der Waals surface area contributed by atoms with Gasteiger partial charge in [-0.1, -0.05) is 71.7 Å². The van der Waals surface area contributed by atoms with Crippen LogP contribution in [0.1, 0.15) is 78.4 Å². The topological polar surface area (TPSA) is 175 Å². The zero-order valence-corrected chi connectivity index (χ0v) is 30.6. The van der Waals surface area contributed by atoms with Crippen molar-refractivity contribution in [2.45, 2.75) is 104 Å². The molecule has 0 spiro atoms. The van der Waals surface area contributed by atoms with Crippen LogP contribution in [0, 0.1) is 29.1 Å². The monoisotopic (exact) mass is 696 g/mol. The number of hydrogen-bond acceptors (Lipinski definition) is 7. The first-order valence-corrected chi connectivity index (χ1v) is 18.0. The van der Waals surface area contributed by atoms with Gasteiger partial charge in [-0.15, -0.1) is 0 Å². The van der Waals surface area contributed by atoms with E-state index in [0.717, 1.165) is 24.0 Å². The van der Waals surface area contributed by atoms with Crippen LogP contribution in [0.4, 0.5) is 9.59 Å². The number of carbonyl (C=O) groups excluding carboxylic acids is 6. The van der Waals surface area contributed by atoms with Crippen molar-refractivity contribution in [2.24, 2.45) is 29.1 Å². The molecule has 13 heteroatoms. The number of hydrogen-bond donors (Lipinski definition) is 5. The lowest BCUT2D eigenvalue weighted by Gasteiger charge is -2.34. The number of carbonyl (C=O) groups is 6. The molecule has 3 aliphatic rings. The molecule has 1 aromatic rings. The molecule has 13 nitrogen and oxygen atoms in total. The normalized spacial score (nSPS) is 20.7. The van der Waals surface area contributed by atoms with Crippen LogP contribution in [0.2, 0.25) is 0 Å². The zero-order chi connectivity index (χ0) is 36.7. The van der Waals surface area contributed by atoms with Gasteiger partial charge in [0, 0.05) is 20.1 Å². The van der Waals surface area contributed by atoms with E-state index in [0.29, 0.717) is 38.8 Å².